The van der Waals surface area contributed by atoms with E-state index < -0.39 is 0 Å². The molecule has 1 unspecified atom stereocenters. The molecule has 1 atom stereocenters. The molecule has 104 valence electrons. The molecule has 0 aliphatic heterocycles. The van der Waals surface area contributed by atoms with Crippen LogP contribution >= 0.6 is 0 Å². The molecular formula is C16H24N2O. The molecule has 3 heteroatoms. The van der Waals surface area contributed by atoms with Crippen LogP contribution in [-0.4, -0.2) is 19.7 Å². The van der Waals surface area contributed by atoms with Gasteiger partial charge in [0, 0.05) is 12.0 Å². The van der Waals surface area contributed by atoms with E-state index in [1.165, 1.54) is 5.56 Å². The fourth-order valence-corrected chi connectivity index (χ4v) is 2.22. The van der Waals surface area contributed by atoms with Crippen LogP contribution in [0, 0.1) is 25.2 Å². The third kappa shape index (κ3) is 3.71. The Morgan fingerprint density at radius 2 is 1.84 bits per heavy atom. The standard InChI is InChI=1S/C16H24N2O/c1-11-7-14(8-12(2)15(11)19-6)16(4,5)10-18-13(3)9-17/h7-8,13,18H,10H2,1-6H3. The zero-order valence-electron chi connectivity index (χ0n) is 12.8. The number of nitriles is 1. The fraction of sp³-hybridized carbons (Fsp3) is 0.562. The van der Waals surface area contributed by atoms with Gasteiger partial charge in [-0.15, -0.1) is 0 Å². The molecule has 1 N–H and O–H groups in total. The van der Waals surface area contributed by atoms with Gasteiger partial charge in [-0.3, -0.25) is 0 Å². The average Bonchev–Trinajstić information content (AvgIpc) is 2.35. The first-order valence-corrected chi connectivity index (χ1v) is 6.60. The highest BCUT2D eigenvalue weighted by Crippen LogP contribution is 2.30. The van der Waals surface area contributed by atoms with Crippen LogP contribution in [0.2, 0.25) is 0 Å². The van der Waals surface area contributed by atoms with E-state index in [4.69, 9.17) is 10.00 Å². The van der Waals surface area contributed by atoms with Gasteiger partial charge in [-0.2, -0.15) is 5.26 Å². The predicted octanol–water partition coefficient (Wildman–Crippen LogP) is 3.09. The summed E-state index contributed by atoms with van der Waals surface area (Å²) in [5.74, 6) is 0.956. The molecule has 0 aromatic heterocycles. The number of methoxy groups -OCH3 is 1. The van der Waals surface area contributed by atoms with Gasteiger partial charge >= 0.3 is 0 Å². The second-order valence-electron chi connectivity index (χ2n) is 5.76. The molecule has 0 aliphatic carbocycles. The number of benzene rings is 1. The van der Waals surface area contributed by atoms with Crippen LogP contribution in [0.4, 0.5) is 0 Å². The van der Waals surface area contributed by atoms with Crippen molar-refractivity contribution in [1.29, 1.82) is 5.26 Å². The molecule has 0 fully saturated rings. The number of ether oxygens (including phenoxy) is 1. The summed E-state index contributed by atoms with van der Waals surface area (Å²) in [6.45, 7) is 11.1. The summed E-state index contributed by atoms with van der Waals surface area (Å²) in [5, 5.41) is 12.1. The Hall–Kier alpha value is -1.53. The summed E-state index contributed by atoms with van der Waals surface area (Å²) in [6.07, 6.45) is 0. The topological polar surface area (TPSA) is 45.0 Å². The maximum atomic E-state index is 8.83. The maximum absolute atomic E-state index is 8.83. The summed E-state index contributed by atoms with van der Waals surface area (Å²) in [5.41, 5.74) is 3.55. The van der Waals surface area contributed by atoms with E-state index in [9.17, 15) is 0 Å². The van der Waals surface area contributed by atoms with Crippen molar-refractivity contribution in [2.75, 3.05) is 13.7 Å². The van der Waals surface area contributed by atoms with Crippen LogP contribution in [0.25, 0.3) is 0 Å². The number of nitrogens with zero attached hydrogens (tertiary/aromatic N) is 1. The SMILES string of the molecule is COc1c(C)cc(C(C)(C)CNC(C)C#N)cc1C. The first kappa shape index (κ1) is 15.5. The monoisotopic (exact) mass is 260 g/mol. The molecule has 19 heavy (non-hydrogen) atoms. The lowest BCUT2D eigenvalue weighted by Gasteiger charge is -2.28. The quantitative estimate of drug-likeness (QED) is 0.885. The van der Waals surface area contributed by atoms with Crippen molar-refractivity contribution in [1.82, 2.24) is 5.32 Å². The third-order valence-corrected chi connectivity index (χ3v) is 3.49. The first-order valence-electron chi connectivity index (χ1n) is 6.60. The van der Waals surface area contributed by atoms with Gasteiger partial charge in [0.1, 0.15) is 5.75 Å². The van der Waals surface area contributed by atoms with E-state index in [2.05, 4.69) is 51.2 Å². The minimum absolute atomic E-state index is 0.0209. The molecule has 1 aromatic carbocycles. The van der Waals surface area contributed by atoms with Crippen LogP contribution in [-0.2, 0) is 5.41 Å². The molecular weight excluding hydrogens is 236 g/mol. The van der Waals surface area contributed by atoms with Crippen LogP contribution in [0.5, 0.6) is 5.75 Å². The van der Waals surface area contributed by atoms with Gasteiger partial charge in [0.15, 0.2) is 0 Å². The predicted molar refractivity (Wildman–Crippen MR) is 78.6 cm³/mol. The number of hydrogen-bond acceptors (Lipinski definition) is 3. The molecule has 0 amide bonds. The van der Waals surface area contributed by atoms with Gasteiger partial charge in [-0.25, -0.2) is 0 Å². The Labute approximate surface area is 116 Å². The van der Waals surface area contributed by atoms with Gasteiger partial charge in [0.25, 0.3) is 0 Å². The van der Waals surface area contributed by atoms with Gasteiger partial charge in [-0.1, -0.05) is 26.0 Å². The Morgan fingerprint density at radius 3 is 2.26 bits per heavy atom. The molecule has 0 aliphatic rings. The molecule has 0 saturated heterocycles. The second-order valence-corrected chi connectivity index (χ2v) is 5.76. The Morgan fingerprint density at radius 1 is 1.32 bits per heavy atom. The van der Waals surface area contributed by atoms with Crippen molar-refractivity contribution in [3.8, 4) is 11.8 Å². The Kier molecular flexibility index (Phi) is 4.97. The minimum atomic E-state index is -0.125. The van der Waals surface area contributed by atoms with Crippen molar-refractivity contribution in [3.05, 3.63) is 28.8 Å². The van der Waals surface area contributed by atoms with Crippen molar-refractivity contribution in [2.45, 2.75) is 46.1 Å². The summed E-state index contributed by atoms with van der Waals surface area (Å²) >= 11 is 0. The maximum Gasteiger partial charge on any atom is 0.124 e. The Balaban J connectivity index is 2.99. The van der Waals surface area contributed by atoms with E-state index in [0.29, 0.717) is 0 Å². The summed E-state index contributed by atoms with van der Waals surface area (Å²) in [7, 11) is 1.70. The number of nitrogens with one attached hydrogen (secondary N) is 1. The molecule has 1 aromatic rings. The lowest BCUT2D eigenvalue weighted by atomic mass is 9.82. The summed E-state index contributed by atoms with van der Waals surface area (Å²) in [4.78, 5) is 0. The van der Waals surface area contributed by atoms with Gasteiger partial charge < -0.3 is 10.1 Å². The zero-order chi connectivity index (χ0) is 14.6. The van der Waals surface area contributed by atoms with E-state index >= 15 is 0 Å². The van der Waals surface area contributed by atoms with Crippen LogP contribution in [0.3, 0.4) is 0 Å². The van der Waals surface area contributed by atoms with E-state index in [1.54, 1.807) is 7.11 Å². The number of hydrogen-bond donors (Lipinski definition) is 1. The molecule has 0 saturated carbocycles. The lowest BCUT2D eigenvalue weighted by Crippen LogP contribution is -2.37. The molecule has 3 nitrogen and oxygen atoms in total. The minimum Gasteiger partial charge on any atom is -0.496 e. The van der Waals surface area contributed by atoms with Crippen molar-refractivity contribution >= 4 is 0 Å². The average molecular weight is 260 g/mol. The number of rotatable bonds is 5. The lowest BCUT2D eigenvalue weighted by molar-refractivity contribution is 0.406. The van der Waals surface area contributed by atoms with Gasteiger partial charge in [0.05, 0.1) is 19.2 Å². The van der Waals surface area contributed by atoms with Crippen LogP contribution < -0.4 is 10.1 Å². The Bertz CT molecular complexity index is 463. The van der Waals surface area contributed by atoms with Crippen molar-refractivity contribution < 1.29 is 4.74 Å². The molecule has 0 bridgehead atoms. The molecule has 1 rings (SSSR count). The second kappa shape index (κ2) is 6.08. The summed E-state index contributed by atoms with van der Waals surface area (Å²) < 4.78 is 5.40. The number of aryl methyl sites for hydroxylation is 2. The van der Waals surface area contributed by atoms with Crippen molar-refractivity contribution in [2.24, 2.45) is 0 Å². The van der Waals surface area contributed by atoms with E-state index in [-0.39, 0.29) is 11.5 Å². The van der Waals surface area contributed by atoms with E-state index in [0.717, 1.165) is 23.4 Å². The third-order valence-electron chi connectivity index (χ3n) is 3.49. The smallest absolute Gasteiger partial charge is 0.124 e. The molecule has 0 heterocycles. The highest BCUT2D eigenvalue weighted by molar-refractivity contribution is 5.45. The normalized spacial score (nSPS) is 12.9. The van der Waals surface area contributed by atoms with Gasteiger partial charge in [0.2, 0.25) is 0 Å². The zero-order valence-corrected chi connectivity index (χ0v) is 12.8. The highest BCUT2D eigenvalue weighted by Gasteiger charge is 2.22. The van der Waals surface area contributed by atoms with Crippen molar-refractivity contribution in [3.63, 3.8) is 0 Å². The van der Waals surface area contributed by atoms with Gasteiger partial charge in [-0.05, 0) is 37.5 Å². The summed E-state index contributed by atoms with van der Waals surface area (Å²) in [6, 6.07) is 6.42. The largest absolute Gasteiger partial charge is 0.496 e. The van der Waals surface area contributed by atoms with Crippen LogP contribution in [0.15, 0.2) is 12.1 Å². The highest BCUT2D eigenvalue weighted by atomic mass is 16.5. The molecule has 0 spiro atoms. The van der Waals surface area contributed by atoms with Crippen LogP contribution in [0.1, 0.15) is 37.5 Å². The first-order chi connectivity index (χ1) is 8.81. The fourth-order valence-electron chi connectivity index (χ4n) is 2.22. The molecule has 0 radical (unpaired) electrons. The van der Waals surface area contributed by atoms with E-state index in [1.807, 2.05) is 6.92 Å².